The highest BCUT2D eigenvalue weighted by molar-refractivity contribution is 9.10. The van der Waals surface area contributed by atoms with Crippen LogP contribution in [0.15, 0.2) is 46.3 Å². The van der Waals surface area contributed by atoms with Gasteiger partial charge in [0.1, 0.15) is 0 Å². The van der Waals surface area contributed by atoms with Crippen LogP contribution in [0.5, 0.6) is 0 Å². The van der Waals surface area contributed by atoms with Crippen molar-refractivity contribution in [3.63, 3.8) is 0 Å². The van der Waals surface area contributed by atoms with Gasteiger partial charge in [-0.1, -0.05) is 39.8 Å². The molecule has 82 valence electrons. The van der Waals surface area contributed by atoms with Crippen molar-refractivity contribution < 1.29 is 0 Å². The van der Waals surface area contributed by atoms with Crippen LogP contribution in [0.3, 0.4) is 0 Å². The zero-order valence-corrected chi connectivity index (χ0v) is 11.3. The van der Waals surface area contributed by atoms with Crippen molar-refractivity contribution in [2.45, 2.75) is 17.8 Å². The molecule has 0 radical (unpaired) electrons. The van der Waals surface area contributed by atoms with Gasteiger partial charge >= 0.3 is 0 Å². The molecule has 0 N–H and O–H groups in total. The van der Waals surface area contributed by atoms with E-state index in [9.17, 15) is 0 Å². The molecule has 2 aromatic rings. The molecule has 0 bridgehead atoms. The number of hydrogen-bond donors (Lipinski definition) is 0. The fourth-order valence-electron chi connectivity index (χ4n) is 1.18. The molecule has 0 fully saturated rings. The van der Waals surface area contributed by atoms with E-state index < -0.39 is 0 Å². The quantitative estimate of drug-likeness (QED) is 0.635. The lowest BCUT2D eigenvalue weighted by Crippen LogP contribution is -1.87. The van der Waals surface area contributed by atoms with Gasteiger partial charge in [0.05, 0.1) is 0 Å². The minimum atomic E-state index is 0.827. The third-order valence-corrected chi connectivity index (χ3v) is 3.51. The summed E-state index contributed by atoms with van der Waals surface area (Å²) in [7, 11) is 0. The molecule has 1 aromatic carbocycles. The Kier molecular flexibility index (Phi) is 3.96. The summed E-state index contributed by atoms with van der Waals surface area (Å²) >= 11 is 5.07. The van der Waals surface area contributed by atoms with Gasteiger partial charge in [-0.25, -0.2) is 9.97 Å². The minimum absolute atomic E-state index is 0.827. The van der Waals surface area contributed by atoms with E-state index in [1.807, 2.05) is 31.5 Å². The second-order valence-corrected chi connectivity index (χ2v) is 5.32. The first kappa shape index (κ1) is 11.6. The van der Waals surface area contributed by atoms with Gasteiger partial charge in [0, 0.05) is 22.6 Å². The summed E-state index contributed by atoms with van der Waals surface area (Å²) in [6, 6.07) is 8.30. The van der Waals surface area contributed by atoms with Crippen molar-refractivity contribution in [2.75, 3.05) is 0 Å². The molecule has 0 unspecified atom stereocenters. The van der Waals surface area contributed by atoms with Crippen LogP contribution in [0.25, 0.3) is 0 Å². The SMILES string of the molecule is Cc1cnc(SCc2ccc(Br)cc2)nc1. The minimum Gasteiger partial charge on any atom is -0.231 e. The van der Waals surface area contributed by atoms with Gasteiger partial charge < -0.3 is 0 Å². The maximum atomic E-state index is 4.25. The third kappa shape index (κ3) is 3.32. The number of nitrogens with zero attached hydrogens (tertiary/aromatic N) is 2. The second kappa shape index (κ2) is 5.46. The van der Waals surface area contributed by atoms with Crippen molar-refractivity contribution in [1.82, 2.24) is 9.97 Å². The number of hydrogen-bond acceptors (Lipinski definition) is 3. The van der Waals surface area contributed by atoms with Crippen LogP contribution < -0.4 is 0 Å². The van der Waals surface area contributed by atoms with Gasteiger partial charge in [0.15, 0.2) is 5.16 Å². The average molecular weight is 295 g/mol. The van der Waals surface area contributed by atoms with E-state index in [4.69, 9.17) is 0 Å². The zero-order chi connectivity index (χ0) is 11.4. The topological polar surface area (TPSA) is 25.8 Å². The van der Waals surface area contributed by atoms with Crippen molar-refractivity contribution in [2.24, 2.45) is 0 Å². The van der Waals surface area contributed by atoms with Crippen molar-refractivity contribution >= 4 is 27.7 Å². The summed E-state index contributed by atoms with van der Waals surface area (Å²) in [6.45, 7) is 1.99. The number of thioether (sulfide) groups is 1. The van der Waals surface area contributed by atoms with E-state index in [-0.39, 0.29) is 0 Å². The lowest BCUT2D eigenvalue weighted by atomic mass is 10.2. The van der Waals surface area contributed by atoms with E-state index >= 15 is 0 Å². The van der Waals surface area contributed by atoms with Gasteiger partial charge in [-0.15, -0.1) is 0 Å². The molecule has 16 heavy (non-hydrogen) atoms. The standard InChI is InChI=1S/C12H11BrN2S/c1-9-6-14-12(15-7-9)16-8-10-2-4-11(13)5-3-10/h2-7H,8H2,1H3. The largest absolute Gasteiger partial charge is 0.231 e. The van der Waals surface area contributed by atoms with E-state index in [1.54, 1.807) is 11.8 Å². The Morgan fingerprint density at radius 1 is 1.12 bits per heavy atom. The van der Waals surface area contributed by atoms with Crippen LogP contribution in [0.2, 0.25) is 0 Å². The van der Waals surface area contributed by atoms with E-state index in [0.717, 1.165) is 20.9 Å². The fraction of sp³-hybridized carbons (Fsp3) is 0.167. The zero-order valence-electron chi connectivity index (χ0n) is 8.85. The number of rotatable bonds is 3. The number of aromatic nitrogens is 2. The molecule has 1 heterocycles. The Morgan fingerprint density at radius 2 is 1.75 bits per heavy atom. The lowest BCUT2D eigenvalue weighted by Gasteiger charge is -2.01. The predicted molar refractivity (Wildman–Crippen MR) is 70.5 cm³/mol. The summed E-state index contributed by atoms with van der Waals surface area (Å²) in [6.07, 6.45) is 3.69. The van der Waals surface area contributed by atoms with Gasteiger partial charge in [0.2, 0.25) is 0 Å². The lowest BCUT2D eigenvalue weighted by molar-refractivity contribution is 0.949. The van der Waals surface area contributed by atoms with Crippen LogP contribution in [-0.4, -0.2) is 9.97 Å². The molecule has 2 rings (SSSR count). The Labute approximate surface area is 108 Å². The molecule has 0 aliphatic carbocycles. The average Bonchev–Trinajstić information content (AvgIpc) is 2.30. The molecule has 0 saturated heterocycles. The molecule has 0 amide bonds. The summed E-state index contributed by atoms with van der Waals surface area (Å²) in [5, 5.41) is 0.827. The summed E-state index contributed by atoms with van der Waals surface area (Å²) < 4.78 is 1.10. The molecule has 0 atom stereocenters. The summed E-state index contributed by atoms with van der Waals surface area (Å²) in [5.74, 6) is 0.899. The Hall–Kier alpha value is -0.870. The van der Waals surface area contributed by atoms with Crippen molar-refractivity contribution in [1.29, 1.82) is 0 Å². The molecule has 0 spiro atoms. The smallest absolute Gasteiger partial charge is 0.187 e. The van der Waals surface area contributed by atoms with Gasteiger partial charge in [-0.3, -0.25) is 0 Å². The van der Waals surface area contributed by atoms with Crippen LogP contribution in [0, 0.1) is 6.92 Å². The van der Waals surface area contributed by atoms with E-state index in [1.165, 1.54) is 5.56 Å². The van der Waals surface area contributed by atoms with E-state index in [0.29, 0.717) is 0 Å². The highest BCUT2D eigenvalue weighted by atomic mass is 79.9. The Balaban J connectivity index is 1.97. The summed E-state index contributed by atoms with van der Waals surface area (Å²) in [5.41, 5.74) is 2.37. The first-order valence-corrected chi connectivity index (χ1v) is 6.68. The second-order valence-electron chi connectivity index (χ2n) is 3.46. The maximum Gasteiger partial charge on any atom is 0.187 e. The van der Waals surface area contributed by atoms with Crippen LogP contribution >= 0.6 is 27.7 Å². The highest BCUT2D eigenvalue weighted by Gasteiger charge is 1.98. The number of halogens is 1. The van der Waals surface area contributed by atoms with Crippen LogP contribution in [-0.2, 0) is 5.75 Å². The first-order valence-electron chi connectivity index (χ1n) is 4.90. The van der Waals surface area contributed by atoms with Gasteiger partial charge in [-0.05, 0) is 30.2 Å². The van der Waals surface area contributed by atoms with Crippen molar-refractivity contribution in [3.8, 4) is 0 Å². The Morgan fingerprint density at radius 3 is 2.38 bits per heavy atom. The van der Waals surface area contributed by atoms with E-state index in [2.05, 4.69) is 38.0 Å². The molecular formula is C12H11BrN2S. The maximum absolute atomic E-state index is 4.25. The molecule has 0 aliphatic heterocycles. The third-order valence-electron chi connectivity index (χ3n) is 2.04. The molecule has 0 aliphatic rings. The fourth-order valence-corrected chi connectivity index (χ4v) is 2.19. The molecule has 4 heteroatoms. The first-order chi connectivity index (χ1) is 7.74. The monoisotopic (exact) mass is 294 g/mol. The molecular weight excluding hydrogens is 284 g/mol. The number of aryl methyl sites for hydroxylation is 1. The number of benzene rings is 1. The van der Waals surface area contributed by atoms with Gasteiger partial charge in [-0.2, -0.15) is 0 Å². The molecule has 0 saturated carbocycles. The summed E-state index contributed by atoms with van der Waals surface area (Å²) in [4.78, 5) is 8.51. The van der Waals surface area contributed by atoms with Crippen LogP contribution in [0.1, 0.15) is 11.1 Å². The van der Waals surface area contributed by atoms with Crippen LogP contribution in [0.4, 0.5) is 0 Å². The molecule has 2 nitrogen and oxygen atoms in total. The van der Waals surface area contributed by atoms with Gasteiger partial charge in [0.25, 0.3) is 0 Å². The predicted octanol–water partition coefficient (Wildman–Crippen LogP) is 3.84. The molecule has 1 aromatic heterocycles. The normalized spacial score (nSPS) is 10.4. The van der Waals surface area contributed by atoms with Crippen molar-refractivity contribution in [3.05, 3.63) is 52.3 Å². The highest BCUT2D eigenvalue weighted by Crippen LogP contribution is 2.20. The Bertz CT molecular complexity index is 408.